The summed E-state index contributed by atoms with van der Waals surface area (Å²) in [4.78, 5) is 13.9. The highest BCUT2D eigenvalue weighted by atomic mass is 19.4. The van der Waals surface area contributed by atoms with E-state index in [1.54, 1.807) is 0 Å². The molecule has 1 aromatic heterocycles. The molecule has 5 nitrogen and oxygen atoms in total. The number of hydrogen-bond donors (Lipinski definition) is 1. The minimum atomic E-state index is -4.88. The Morgan fingerprint density at radius 3 is 2.53 bits per heavy atom. The van der Waals surface area contributed by atoms with Gasteiger partial charge in [-0.3, -0.25) is 0 Å². The zero-order valence-electron chi connectivity index (χ0n) is 8.90. The van der Waals surface area contributed by atoms with Gasteiger partial charge in [-0.15, -0.1) is 0 Å². The van der Waals surface area contributed by atoms with E-state index in [0.717, 1.165) is 6.07 Å². The van der Waals surface area contributed by atoms with Gasteiger partial charge >= 0.3 is 12.1 Å². The number of halogens is 4. The van der Waals surface area contributed by atoms with E-state index in [0.29, 0.717) is 12.1 Å². The lowest BCUT2D eigenvalue weighted by atomic mass is 10.1. The van der Waals surface area contributed by atoms with E-state index in [-0.39, 0.29) is 5.56 Å². The van der Waals surface area contributed by atoms with Crippen LogP contribution in [0.2, 0.25) is 0 Å². The predicted octanol–water partition coefficient (Wildman–Crippen LogP) is 2.59. The first-order valence-corrected chi connectivity index (χ1v) is 4.73. The first-order chi connectivity index (χ1) is 8.79. The fraction of sp³-hybridized carbons (Fsp3) is 0.100. The third-order valence-electron chi connectivity index (χ3n) is 2.14. The van der Waals surface area contributed by atoms with Crippen LogP contribution in [0.1, 0.15) is 16.2 Å². The molecular formula is C10H4F4N2O3. The molecule has 0 saturated carbocycles. The summed E-state index contributed by atoms with van der Waals surface area (Å²) in [5.74, 6) is -4.09. The molecule has 2 aromatic rings. The fourth-order valence-electron chi connectivity index (χ4n) is 1.30. The Bertz CT molecular complexity index is 636. The summed E-state index contributed by atoms with van der Waals surface area (Å²) in [6.45, 7) is 0. The van der Waals surface area contributed by atoms with Crippen LogP contribution in [0.25, 0.3) is 11.5 Å². The molecule has 0 amide bonds. The van der Waals surface area contributed by atoms with Crippen LogP contribution in [-0.4, -0.2) is 21.2 Å². The smallest absolute Gasteiger partial charge is 0.419 e. The summed E-state index contributed by atoms with van der Waals surface area (Å²) in [6, 6.07) is 2.03. The predicted molar refractivity (Wildman–Crippen MR) is 51.7 cm³/mol. The molecule has 0 aliphatic rings. The first kappa shape index (κ1) is 13.0. The van der Waals surface area contributed by atoms with E-state index < -0.39 is 35.2 Å². The molecule has 2 rings (SSSR count). The maximum absolute atomic E-state index is 13.0. The monoisotopic (exact) mass is 276 g/mol. The van der Waals surface area contributed by atoms with Gasteiger partial charge < -0.3 is 9.63 Å². The van der Waals surface area contributed by atoms with Crippen LogP contribution in [-0.2, 0) is 6.18 Å². The van der Waals surface area contributed by atoms with Gasteiger partial charge in [0.15, 0.2) is 0 Å². The number of hydrogen-bond acceptors (Lipinski definition) is 4. The van der Waals surface area contributed by atoms with Crippen molar-refractivity contribution in [2.75, 3.05) is 0 Å². The minimum absolute atomic E-state index is 0.228. The molecule has 1 heterocycles. The van der Waals surface area contributed by atoms with Crippen LogP contribution in [0, 0.1) is 5.82 Å². The third-order valence-corrected chi connectivity index (χ3v) is 2.14. The fourth-order valence-corrected chi connectivity index (χ4v) is 1.30. The second kappa shape index (κ2) is 4.34. The second-order valence-corrected chi connectivity index (χ2v) is 3.42. The van der Waals surface area contributed by atoms with E-state index >= 15 is 0 Å². The van der Waals surface area contributed by atoms with Crippen molar-refractivity contribution in [3.8, 4) is 11.5 Å². The third kappa shape index (κ3) is 2.54. The molecule has 0 unspecified atom stereocenters. The van der Waals surface area contributed by atoms with E-state index in [4.69, 9.17) is 5.11 Å². The zero-order valence-corrected chi connectivity index (χ0v) is 8.90. The molecule has 1 N–H and O–H groups in total. The van der Waals surface area contributed by atoms with Crippen LogP contribution < -0.4 is 0 Å². The van der Waals surface area contributed by atoms with Crippen molar-refractivity contribution >= 4 is 5.97 Å². The summed E-state index contributed by atoms with van der Waals surface area (Å²) in [7, 11) is 0. The number of aromatic nitrogens is 2. The number of alkyl halides is 3. The average molecular weight is 276 g/mol. The molecule has 100 valence electrons. The van der Waals surface area contributed by atoms with Gasteiger partial charge in [0.2, 0.25) is 0 Å². The van der Waals surface area contributed by atoms with Crippen molar-refractivity contribution in [3.05, 3.63) is 35.4 Å². The maximum Gasteiger partial charge on any atom is 0.419 e. The molecule has 0 saturated heterocycles. The lowest BCUT2D eigenvalue weighted by Crippen LogP contribution is -2.08. The normalized spacial score (nSPS) is 11.6. The highest BCUT2D eigenvalue weighted by molar-refractivity contribution is 5.83. The van der Waals surface area contributed by atoms with Crippen LogP contribution in [0.5, 0.6) is 0 Å². The Hall–Kier alpha value is -2.45. The molecule has 0 aliphatic carbocycles. The number of nitrogens with zero attached hydrogens (tertiary/aromatic N) is 2. The molecule has 1 aromatic carbocycles. The van der Waals surface area contributed by atoms with Gasteiger partial charge in [0, 0.05) is 5.56 Å². The van der Waals surface area contributed by atoms with E-state index in [2.05, 4.69) is 14.7 Å². The Balaban J connectivity index is 2.48. The van der Waals surface area contributed by atoms with Crippen LogP contribution in [0.4, 0.5) is 17.6 Å². The topological polar surface area (TPSA) is 76.2 Å². The van der Waals surface area contributed by atoms with Gasteiger partial charge in [-0.1, -0.05) is 0 Å². The van der Waals surface area contributed by atoms with Gasteiger partial charge in [-0.05, 0) is 23.4 Å². The highest BCUT2D eigenvalue weighted by Crippen LogP contribution is 2.33. The van der Waals surface area contributed by atoms with E-state index in [9.17, 15) is 22.4 Å². The molecule has 0 aliphatic heterocycles. The van der Waals surface area contributed by atoms with Gasteiger partial charge in [-0.25, -0.2) is 9.18 Å². The first-order valence-electron chi connectivity index (χ1n) is 4.73. The van der Waals surface area contributed by atoms with Crippen molar-refractivity contribution in [2.45, 2.75) is 6.18 Å². The van der Waals surface area contributed by atoms with Crippen molar-refractivity contribution in [3.63, 3.8) is 0 Å². The van der Waals surface area contributed by atoms with Gasteiger partial charge in [0.05, 0.1) is 5.56 Å². The van der Waals surface area contributed by atoms with Crippen LogP contribution in [0.3, 0.4) is 0 Å². The maximum atomic E-state index is 13.0. The molecule has 0 atom stereocenters. The summed E-state index contributed by atoms with van der Waals surface area (Å²) in [6.07, 6.45) is -4.88. The molecule has 0 radical (unpaired) electrons. The van der Waals surface area contributed by atoms with Crippen molar-refractivity contribution < 1.29 is 32.0 Å². The van der Waals surface area contributed by atoms with Gasteiger partial charge in [0.25, 0.3) is 11.7 Å². The standard InChI is InChI=1S/C10H4F4N2O3/c11-6-2-1-4(3-5(6)10(12,13)14)8-15-7(9(17)18)16-19-8/h1-3H,(H,17,18). The summed E-state index contributed by atoms with van der Waals surface area (Å²) in [5, 5.41) is 11.6. The quantitative estimate of drug-likeness (QED) is 0.853. The number of benzene rings is 1. The van der Waals surface area contributed by atoms with E-state index in [1.165, 1.54) is 0 Å². The highest BCUT2D eigenvalue weighted by Gasteiger charge is 2.34. The zero-order chi connectivity index (χ0) is 14.2. The van der Waals surface area contributed by atoms with Crippen molar-refractivity contribution in [1.82, 2.24) is 10.1 Å². The molecule has 9 heteroatoms. The molecule has 0 fully saturated rings. The molecular weight excluding hydrogens is 272 g/mol. The molecule has 0 spiro atoms. The molecule has 0 bridgehead atoms. The minimum Gasteiger partial charge on any atom is -0.475 e. The summed E-state index contributed by atoms with van der Waals surface area (Å²) in [5.41, 5.74) is -1.73. The lowest BCUT2D eigenvalue weighted by molar-refractivity contribution is -0.139. The molecule has 19 heavy (non-hydrogen) atoms. The number of carbonyl (C=O) groups is 1. The van der Waals surface area contributed by atoms with Gasteiger partial charge in [-0.2, -0.15) is 18.2 Å². The number of rotatable bonds is 2. The van der Waals surface area contributed by atoms with E-state index in [1.807, 2.05) is 0 Å². The van der Waals surface area contributed by atoms with Gasteiger partial charge in [0.1, 0.15) is 5.82 Å². The van der Waals surface area contributed by atoms with Crippen molar-refractivity contribution in [2.24, 2.45) is 0 Å². The van der Waals surface area contributed by atoms with Crippen LogP contribution >= 0.6 is 0 Å². The number of aromatic carboxylic acids is 1. The van der Waals surface area contributed by atoms with Crippen LogP contribution in [0.15, 0.2) is 22.7 Å². The largest absolute Gasteiger partial charge is 0.475 e. The van der Waals surface area contributed by atoms with Crippen molar-refractivity contribution in [1.29, 1.82) is 0 Å². The Kier molecular flexibility index (Phi) is 2.97. The Morgan fingerprint density at radius 1 is 1.32 bits per heavy atom. The summed E-state index contributed by atoms with van der Waals surface area (Å²) < 4.78 is 55.0. The summed E-state index contributed by atoms with van der Waals surface area (Å²) >= 11 is 0. The number of carboxylic acid groups (broad SMARTS) is 1. The Morgan fingerprint density at radius 2 is 2.00 bits per heavy atom. The Labute approximate surface area is 102 Å². The second-order valence-electron chi connectivity index (χ2n) is 3.42. The lowest BCUT2D eigenvalue weighted by Gasteiger charge is -2.08. The average Bonchev–Trinajstić information content (AvgIpc) is 2.77. The number of carboxylic acids is 1. The SMILES string of the molecule is O=C(O)c1noc(-c2ccc(F)c(C(F)(F)F)c2)n1.